The zero-order chi connectivity index (χ0) is 21.8. The maximum absolute atomic E-state index is 12.8. The van der Waals surface area contributed by atoms with Gasteiger partial charge < -0.3 is 27.4 Å². The fourth-order valence-corrected chi connectivity index (χ4v) is 3.68. The SMILES string of the molecule is C[C@H](NC1CCCCC1)C(=O)N[C@@H](CCCN=C(N)N)C(=O)NCc1ccccc1. The Morgan fingerprint density at radius 3 is 2.47 bits per heavy atom. The average molecular weight is 417 g/mol. The largest absolute Gasteiger partial charge is 0.370 e. The Labute approximate surface area is 179 Å². The zero-order valence-electron chi connectivity index (χ0n) is 17.9. The van der Waals surface area contributed by atoms with Gasteiger partial charge in [0, 0.05) is 19.1 Å². The van der Waals surface area contributed by atoms with Crippen LogP contribution in [0.15, 0.2) is 35.3 Å². The van der Waals surface area contributed by atoms with E-state index in [1.165, 1.54) is 19.3 Å². The van der Waals surface area contributed by atoms with Crippen molar-refractivity contribution in [2.24, 2.45) is 16.5 Å². The standard InChI is InChI=1S/C22H36N6O2/c1-16(27-18-11-6-3-7-12-18)20(29)28-19(13-8-14-25-22(23)24)21(30)26-15-17-9-4-2-5-10-17/h2,4-5,9-10,16,18-19,27H,3,6-8,11-15H2,1H3,(H,26,30)(H,28,29)(H4,23,24,25)/t16-,19-/m0/s1. The first-order valence-corrected chi connectivity index (χ1v) is 10.9. The summed E-state index contributed by atoms with van der Waals surface area (Å²) < 4.78 is 0. The number of benzene rings is 1. The first-order chi connectivity index (χ1) is 14.5. The van der Waals surface area contributed by atoms with E-state index in [1.807, 2.05) is 37.3 Å². The van der Waals surface area contributed by atoms with Crippen LogP contribution in [0, 0.1) is 0 Å². The minimum absolute atomic E-state index is 0.0226. The molecule has 0 aliphatic heterocycles. The van der Waals surface area contributed by atoms with Crippen molar-refractivity contribution in [2.45, 2.75) is 76.5 Å². The molecule has 0 saturated heterocycles. The number of nitrogens with zero attached hydrogens (tertiary/aromatic N) is 1. The monoisotopic (exact) mass is 416 g/mol. The van der Waals surface area contributed by atoms with Gasteiger partial charge in [0.2, 0.25) is 11.8 Å². The molecule has 0 unspecified atom stereocenters. The first-order valence-electron chi connectivity index (χ1n) is 10.9. The average Bonchev–Trinajstić information content (AvgIpc) is 2.75. The second-order valence-electron chi connectivity index (χ2n) is 7.94. The lowest BCUT2D eigenvalue weighted by Gasteiger charge is -2.27. The summed E-state index contributed by atoms with van der Waals surface area (Å²) in [4.78, 5) is 29.4. The molecule has 0 bridgehead atoms. The van der Waals surface area contributed by atoms with E-state index >= 15 is 0 Å². The molecule has 2 atom stereocenters. The predicted octanol–water partition coefficient (Wildman–Crippen LogP) is 1.15. The zero-order valence-corrected chi connectivity index (χ0v) is 17.9. The molecule has 166 valence electrons. The van der Waals surface area contributed by atoms with Crippen molar-refractivity contribution in [3.8, 4) is 0 Å². The number of carbonyl (C=O) groups is 2. The highest BCUT2D eigenvalue weighted by Crippen LogP contribution is 2.17. The number of rotatable bonds is 11. The lowest BCUT2D eigenvalue weighted by Crippen LogP contribution is -2.53. The molecular weight excluding hydrogens is 380 g/mol. The van der Waals surface area contributed by atoms with Crippen molar-refractivity contribution < 1.29 is 9.59 Å². The minimum Gasteiger partial charge on any atom is -0.370 e. The van der Waals surface area contributed by atoms with Crippen molar-refractivity contribution >= 4 is 17.8 Å². The molecule has 1 aromatic carbocycles. The molecule has 0 radical (unpaired) electrons. The molecule has 0 heterocycles. The molecule has 1 aromatic rings. The predicted molar refractivity (Wildman–Crippen MR) is 120 cm³/mol. The summed E-state index contributed by atoms with van der Waals surface area (Å²) in [5.74, 6) is -0.349. The Balaban J connectivity index is 1.90. The molecule has 1 fully saturated rings. The van der Waals surface area contributed by atoms with Gasteiger partial charge in [-0.1, -0.05) is 49.6 Å². The highest BCUT2D eigenvalue weighted by atomic mass is 16.2. The summed E-state index contributed by atoms with van der Waals surface area (Å²) in [6.45, 7) is 2.68. The number of amides is 2. The van der Waals surface area contributed by atoms with Crippen LogP contribution in [0.25, 0.3) is 0 Å². The van der Waals surface area contributed by atoms with Crippen LogP contribution in [0.5, 0.6) is 0 Å². The van der Waals surface area contributed by atoms with E-state index in [2.05, 4.69) is 20.9 Å². The molecule has 0 aromatic heterocycles. The Bertz CT molecular complexity index is 684. The van der Waals surface area contributed by atoms with Crippen LogP contribution in [0.3, 0.4) is 0 Å². The Morgan fingerprint density at radius 2 is 1.80 bits per heavy atom. The van der Waals surface area contributed by atoms with E-state index in [0.29, 0.717) is 32.0 Å². The molecule has 1 saturated carbocycles. The van der Waals surface area contributed by atoms with E-state index < -0.39 is 6.04 Å². The van der Waals surface area contributed by atoms with Gasteiger partial charge in [-0.3, -0.25) is 14.6 Å². The highest BCUT2D eigenvalue weighted by Gasteiger charge is 2.25. The van der Waals surface area contributed by atoms with Crippen molar-refractivity contribution in [1.29, 1.82) is 0 Å². The molecule has 30 heavy (non-hydrogen) atoms. The van der Waals surface area contributed by atoms with Crippen LogP contribution in [0.4, 0.5) is 0 Å². The van der Waals surface area contributed by atoms with Crippen molar-refractivity contribution in [2.75, 3.05) is 6.54 Å². The molecule has 7 N–H and O–H groups in total. The Hall–Kier alpha value is -2.61. The summed E-state index contributed by atoms with van der Waals surface area (Å²) in [6.07, 6.45) is 6.89. The fourth-order valence-electron chi connectivity index (χ4n) is 3.68. The molecule has 8 nitrogen and oxygen atoms in total. The van der Waals surface area contributed by atoms with Gasteiger partial charge in [0.1, 0.15) is 6.04 Å². The van der Waals surface area contributed by atoms with Gasteiger partial charge in [0.25, 0.3) is 0 Å². The topological polar surface area (TPSA) is 135 Å². The molecule has 2 rings (SSSR count). The van der Waals surface area contributed by atoms with E-state index in [9.17, 15) is 9.59 Å². The molecular formula is C22H36N6O2. The van der Waals surface area contributed by atoms with Crippen LogP contribution < -0.4 is 27.4 Å². The first kappa shape index (κ1) is 23.7. The number of aliphatic imine (C=N–C) groups is 1. The quantitative estimate of drug-likeness (QED) is 0.210. The van der Waals surface area contributed by atoms with Crippen LogP contribution >= 0.6 is 0 Å². The van der Waals surface area contributed by atoms with E-state index in [1.54, 1.807) is 0 Å². The van der Waals surface area contributed by atoms with Crippen LogP contribution in [0.2, 0.25) is 0 Å². The van der Waals surface area contributed by atoms with Crippen LogP contribution in [-0.4, -0.2) is 42.4 Å². The maximum Gasteiger partial charge on any atom is 0.242 e. The number of hydrogen-bond donors (Lipinski definition) is 5. The van der Waals surface area contributed by atoms with Gasteiger partial charge in [-0.25, -0.2) is 0 Å². The number of guanidine groups is 1. The second kappa shape index (κ2) is 12.8. The lowest BCUT2D eigenvalue weighted by atomic mass is 9.95. The fraction of sp³-hybridized carbons (Fsp3) is 0.591. The lowest BCUT2D eigenvalue weighted by molar-refractivity contribution is -0.130. The van der Waals surface area contributed by atoms with E-state index in [0.717, 1.165) is 18.4 Å². The van der Waals surface area contributed by atoms with E-state index in [4.69, 9.17) is 11.5 Å². The number of nitrogens with two attached hydrogens (primary N) is 2. The van der Waals surface area contributed by atoms with E-state index in [-0.39, 0.29) is 23.8 Å². The van der Waals surface area contributed by atoms with Gasteiger partial charge >= 0.3 is 0 Å². The third kappa shape index (κ3) is 8.82. The van der Waals surface area contributed by atoms with Gasteiger partial charge in [-0.05, 0) is 38.2 Å². The van der Waals surface area contributed by atoms with Crippen molar-refractivity contribution in [3.05, 3.63) is 35.9 Å². The summed E-state index contributed by atoms with van der Waals surface area (Å²) in [7, 11) is 0. The van der Waals surface area contributed by atoms with Crippen LogP contribution in [-0.2, 0) is 16.1 Å². The highest BCUT2D eigenvalue weighted by molar-refractivity contribution is 5.89. The second-order valence-corrected chi connectivity index (χ2v) is 7.94. The summed E-state index contributed by atoms with van der Waals surface area (Å²) in [6, 6.07) is 9.06. The molecule has 2 amide bonds. The van der Waals surface area contributed by atoms with Gasteiger partial charge in [-0.2, -0.15) is 0 Å². The molecule has 0 spiro atoms. The Kier molecular flexibility index (Phi) is 10.1. The summed E-state index contributed by atoms with van der Waals surface area (Å²) >= 11 is 0. The van der Waals surface area contributed by atoms with Crippen molar-refractivity contribution in [1.82, 2.24) is 16.0 Å². The maximum atomic E-state index is 12.8. The number of nitrogens with one attached hydrogen (secondary N) is 3. The molecule has 1 aliphatic carbocycles. The number of hydrogen-bond acceptors (Lipinski definition) is 4. The molecule has 1 aliphatic rings. The van der Waals surface area contributed by atoms with Crippen LogP contribution in [0.1, 0.15) is 57.4 Å². The third-order valence-electron chi connectivity index (χ3n) is 5.37. The number of carbonyl (C=O) groups excluding carboxylic acids is 2. The molecule has 8 heteroatoms. The Morgan fingerprint density at radius 1 is 1.10 bits per heavy atom. The van der Waals surface area contributed by atoms with Gasteiger partial charge in [0.05, 0.1) is 6.04 Å². The third-order valence-corrected chi connectivity index (χ3v) is 5.37. The van der Waals surface area contributed by atoms with Crippen molar-refractivity contribution in [3.63, 3.8) is 0 Å². The minimum atomic E-state index is -0.633. The normalized spacial score (nSPS) is 16.3. The smallest absolute Gasteiger partial charge is 0.242 e. The van der Waals surface area contributed by atoms with Gasteiger partial charge in [0.15, 0.2) is 5.96 Å². The van der Waals surface area contributed by atoms with Gasteiger partial charge in [-0.15, -0.1) is 0 Å². The summed E-state index contributed by atoms with van der Waals surface area (Å²) in [5.41, 5.74) is 11.7. The summed E-state index contributed by atoms with van der Waals surface area (Å²) in [5, 5.41) is 9.23.